The van der Waals surface area contributed by atoms with Crippen molar-refractivity contribution < 1.29 is 14.4 Å². The highest BCUT2D eigenvalue weighted by atomic mass is 16.2. The number of carbonyl (C=O) groups is 3. The van der Waals surface area contributed by atoms with Crippen LogP contribution in [-0.4, -0.2) is 47.3 Å². The van der Waals surface area contributed by atoms with Gasteiger partial charge in [-0.3, -0.25) is 19.7 Å². The number of hydrogen-bond donors (Lipinski definition) is 3. The smallest absolute Gasteiger partial charge is 0.255 e. The average Bonchev–Trinajstić information content (AvgIpc) is 3.25. The molecule has 3 atom stereocenters. The van der Waals surface area contributed by atoms with E-state index < -0.39 is 6.04 Å². The third-order valence-electron chi connectivity index (χ3n) is 6.18. The van der Waals surface area contributed by atoms with Crippen molar-refractivity contribution in [2.45, 2.75) is 64.3 Å². The van der Waals surface area contributed by atoms with E-state index in [2.05, 4.69) is 29.8 Å². The molecule has 3 amide bonds. The molecule has 2 fully saturated rings. The fourth-order valence-corrected chi connectivity index (χ4v) is 4.73. The van der Waals surface area contributed by atoms with E-state index in [1.165, 1.54) is 0 Å². The molecule has 1 aromatic rings. The van der Waals surface area contributed by atoms with E-state index >= 15 is 0 Å². The van der Waals surface area contributed by atoms with Crippen LogP contribution in [0.3, 0.4) is 0 Å². The van der Waals surface area contributed by atoms with Gasteiger partial charge in [-0.1, -0.05) is 32.0 Å². The van der Waals surface area contributed by atoms with Crippen LogP contribution in [0.5, 0.6) is 0 Å². The van der Waals surface area contributed by atoms with Crippen molar-refractivity contribution in [2.24, 2.45) is 5.92 Å². The highest BCUT2D eigenvalue weighted by Crippen LogP contribution is 2.30. The number of hydrogen-bond acceptors (Lipinski definition) is 5. The monoisotopic (exact) mass is 384 g/mol. The number of nitrogens with one attached hydrogen (secondary N) is 3. The lowest BCUT2D eigenvalue weighted by Crippen LogP contribution is -2.52. The van der Waals surface area contributed by atoms with Gasteiger partial charge in [0.05, 0.1) is 0 Å². The first-order chi connectivity index (χ1) is 13.5. The Balaban J connectivity index is 1.49. The Morgan fingerprint density at radius 2 is 2.04 bits per heavy atom. The quantitative estimate of drug-likeness (QED) is 0.657. The number of imide groups is 1. The summed E-state index contributed by atoms with van der Waals surface area (Å²) in [6.45, 7) is 6.51. The van der Waals surface area contributed by atoms with E-state index in [-0.39, 0.29) is 24.1 Å². The summed E-state index contributed by atoms with van der Waals surface area (Å²) in [5.74, 6) is -0.188. The van der Waals surface area contributed by atoms with Gasteiger partial charge in [0.25, 0.3) is 5.91 Å². The topological polar surface area (TPSA) is 90.5 Å². The fraction of sp³-hybridized carbons (Fsp3) is 0.571. The van der Waals surface area contributed by atoms with Gasteiger partial charge in [0.2, 0.25) is 11.8 Å². The van der Waals surface area contributed by atoms with Crippen LogP contribution in [-0.2, 0) is 22.7 Å². The lowest BCUT2D eigenvalue weighted by Gasteiger charge is -2.29. The first-order valence-corrected chi connectivity index (χ1v) is 10.2. The lowest BCUT2D eigenvalue weighted by atomic mass is 9.97. The molecule has 0 spiro atoms. The molecule has 7 heteroatoms. The summed E-state index contributed by atoms with van der Waals surface area (Å²) in [5, 5.41) is 9.54. The Hall–Kier alpha value is -2.25. The van der Waals surface area contributed by atoms with Gasteiger partial charge in [-0.15, -0.1) is 0 Å². The van der Waals surface area contributed by atoms with Crippen LogP contribution in [0.1, 0.15) is 54.6 Å². The number of benzene rings is 1. The number of amides is 3. The number of rotatable bonds is 5. The largest absolute Gasteiger partial charge is 0.322 e. The second kappa shape index (κ2) is 7.64. The van der Waals surface area contributed by atoms with Crippen LogP contribution in [0.2, 0.25) is 0 Å². The van der Waals surface area contributed by atoms with Gasteiger partial charge in [-0.05, 0) is 36.4 Å². The molecule has 3 heterocycles. The molecule has 0 saturated carbocycles. The summed E-state index contributed by atoms with van der Waals surface area (Å²) in [4.78, 5) is 38.4. The summed E-state index contributed by atoms with van der Waals surface area (Å²) >= 11 is 0. The van der Waals surface area contributed by atoms with E-state index in [0.29, 0.717) is 43.1 Å². The van der Waals surface area contributed by atoms with E-state index in [1.54, 1.807) is 4.90 Å². The summed E-state index contributed by atoms with van der Waals surface area (Å²) in [5.41, 5.74) is 2.65. The van der Waals surface area contributed by atoms with Crippen molar-refractivity contribution in [3.8, 4) is 0 Å². The van der Waals surface area contributed by atoms with Crippen molar-refractivity contribution in [1.29, 1.82) is 0 Å². The molecule has 3 aliphatic heterocycles. The normalized spacial score (nSPS) is 27.5. The van der Waals surface area contributed by atoms with Gasteiger partial charge in [-0.25, -0.2) is 0 Å². The van der Waals surface area contributed by atoms with Gasteiger partial charge in [-0.2, -0.15) is 0 Å². The lowest BCUT2D eigenvalue weighted by molar-refractivity contribution is -0.136. The molecule has 4 rings (SSSR count). The molecular formula is C21H28N4O3. The minimum Gasteiger partial charge on any atom is -0.322 e. The highest BCUT2D eigenvalue weighted by molar-refractivity contribution is 6.05. The molecule has 1 aromatic carbocycles. The second-order valence-electron chi connectivity index (χ2n) is 8.35. The SMILES string of the molecule is CC(C)[C@@H]1NCC[C@H]1NCc1cccc2c1C(=O)N(C1CCC(=O)NC1=O)C2. The standard InChI is InChI=1S/C21H28N4O3/c1-12(2)19-15(8-9-22-19)23-10-13-4-3-5-14-11-25(21(28)18(13)14)16-6-7-17(26)24-20(16)27/h3-5,12,15-16,19,22-23H,6-11H2,1-2H3,(H,24,26,27)/t15-,16?,19+/m1/s1. The van der Waals surface area contributed by atoms with Gasteiger partial charge in [0, 0.05) is 37.2 Å². The van der Waals surface area contributed by atoms with E-state index in [9.17, 15) is 14.4 Å². The molecule has 0 aromatic heterocycles. The van der Waals surface area contributed by atoms with Crippen molar-refractivity contribution in [3.05, 3.63) is 34.9 Å². The van der Waals surface area contributed by atoms with Crippen molar-refractivity contribution in [1.82, 2.24) is 20.9 Å². The van der Waals surface area contributed by atoms with Crippen LogP contribution < -0.4 is 16.0 Å². The molecule has 3 aliphatic rings. The molecule has 0 aliphatic carbocycles. The summed E-state index contributed by atoms with van der Waals surface area (Å²) in [6, 6.07) is 6.18. The second-order valence-corrected chi connectivity index (χ2v) is 8.35. The molecule has 0 radical (unpaired) electrons. The van der Waals surface area contributed by atoms with Gasteiger partial charge < -0.3 is 15.5 Å². The summed E-state index contributed by atoms with van der Waals surface area (Å²) in [6.07, 6.45) is 1.74. The molecular weight excluding hydrogens is 356 g/mol. The summed E-state index contributed by atoms with van der Waals surface area (Å²) in [7, 11) is 0. The Kier molecular flexibility index (Phi) is 5.21. The Morgan fingerprint density at radius 3 is 2.79 bits per heavy atom. The molecule has 28 heavy (non-hydrogen) atoms. The van der Waals surface area contributed by atoms with Crippen LogP contribution in [0, 0.1) is 5.92 Å². The van der Waals surface area contributed by atoms with Crippen molar-refractivity contribution >= 4 is 17.7 Å². The van der Waals surface area contributed by atoms with Crippen LogP contribution in [0.25, 0.3) is 0 Å². The van der Waals surface area contributed by atoms with Gasteiger partial charge >= 0.3 is 0 Å². The number of carbonyl (C=O) groups excluding carboxylic acids is 3. The minimum atomic E-state index is -0.567. The van der Waals surface area contributed by atoms with E-state index in [1.807, 2.05) is 18.2 Å². The zero-order valence-electron chi connectivity index (χ0n) is 16.5. The molecule has 150 valence electrons. The maximum absolute atomic E-state index is 13.1. The highest BCUT2D eigenvalue weighted by Gasteiger charge is 2.40. The van der Waals surface area contributed by atoms with Crippen LogP contribution in [0.4, 0.5) is 0 Å². The molecule has 1 unspecified atom stereocenters. The van der Waals surface area contributed by atoms with E-state index in [0.717, 1.165) is 24.1 Å². The number of nitrogens with zero attached hydrogens (tertiary/aromatic N) is 1. The zero-order valence-corrected chi connectivity index (χ0v) is 16.5. The molecule has 7 nitrogen and oxygen atoms in total. The third-order valence-corrected chi connectivity index (χ3v) is 6.18. The number of fused-ring (bicyclic) bond motifs is 1. The Morgan fingerprint density at radius 1 is 1.21 bits per heavy atom. The first kappa shape index (κ1) is 19.1. The van der Waals surface area contributed by atoms with Crippen LogP contribution in [0.15, 0.2) is 18.2 Å². The Labute approximate surface area is 165 Å². The molecule has 2 saturated heterocycles. The van der Waals surface area contributed by atoms with Gasteiger partial charge in [0.15, 0.2) is 0 Å². The fourth-order valence-electron chi connectivity index (χ4n) is 4.73. The predicted octanol–water partition coefficient (Wildman–Crippen LogP) is 0.924. The zero-order chi connectivity index (χ0) is 19.8. The summed E-state index contributed by atoms with van der Waals surface area (Å²) < 4.78 is 0. The van der Waals surface area contributed by atoms with Crippen LogP contribution >= 0.6 is 0 Å². The van der Waals surface area contributed by atoms with Crippen molar-refractivity contribution in [2.75, 3.05) is 6.54 Å². The number of piperidine rings is 1. The first-order valence-electron chi connectivity index (χ1n) is 10.2. The molecule has 3 N–H and O–H groups in total. The third kappa shape index (κ3) is 3.44. The van der Waals surface area contributed by atoms with Crippen molar-refractivity contribution in [3.63, 3.8) is 0 Å². The van der Waals surface area contributed by atoms with Gasteiger partial charge in [0.1, 0.15) is 6.04 Å². The predicted molar refractivity (Wildman–Crippen MR) is 104 cm³/mol. The molecule has 0 bridgehead atoms. The maximum atomic E-state index is 13.1. The minimum absolute atomic E-state index is 0.105. The average molecular weight is 384 g/mol. The Bertz CT molecular complexity index is 807. The van der Waals surface area contributed by atoms with E-state index in [4.69, 9.17) is 0 Å². The maximum Gasteiger partial charge on any atom is 0.255 e.